The number of rotatable bonds is 25. The minimum atomic E-state index is -4.87. The Morgan fingerprint density at radius 1 is 0.600 bits per heavy atom. The first-order valence-electron chi connectivity index (χ1n) is 24.6. The fraction of sp³-hybridized carbons (Fsp3) is 0.275. The van der Waals surface area contributed by atoms with Crippen LogP contribution in [0.2, 0.25) is 5.02 Å². The van der Waals surface area contributed by atoms with Crippen LogP contribution < -0.4 is 9.47 Å². The average molecular weight is 1300 g/mol. The number of hydrogen-bond acceptors (Lipinski definition) is 24. The van der Waals surface area contributed by atoms with Crippen molar-refractivity contribution in [1.82, 2.24) is 9.38 Å². The molecule has 446 valence electrons. The van der Waals surface area contributed by atoms with Crippen LogP contribution in [0.3, 0.4) is 0 Å². The smallest absolute Gasteiger partial charge is 0.298 e. The quantitative estimate of drug-likeness (QED) is 0.0154. The molecule has 0 spiro atoms. The molecule has 2 heterocycles. The van der Waals surface area contributed by atoms with Crippen molar-refractivity contribution < 1.29 is 66.5 Å². The van der Waals surface area contributed by atoms with E-state index >= 15 is 0 Å². The van der Waals surface area contributed by atoms with Gasteiger partial charge in [0.2, 0.25) is 5.88 Å². The number of nitriles is 2. The van der Waals surface area contributed by atoms with Crippen molar-refractivity contribution >= 4 is 138 Å². The Bertz CT molecular complexity index is 4490. The van der Waals surface area contributed by atoms with Gasteiger partial charge in [-0.1, -0.05) is 11.6 Å². The lowest BCUT2D eigenvalue weighted by atomic mass is 10.1. The molecule has 0 atom stereocenters. The van der Waals surface area contributed by atoms with Crippen LogP contribution in [-0.4, -0.2) is 109 Å². The fourth-order valence-corrected chi connectivity index (χ4v) is 12.5. The molecule has 34 heteroatoms. The number of ether oxygens (including phenoxy) is 2. The van der Waals surface area contributed by atoms with Crippen LogP contribution in [0.15, 0.2) is 122 Å². The standard InChI is InChI=1S/C51H49ClN12O15S6/c1-28-17-40(60-63-49-31(4)34(27-54)50-55-39-22-45(78-5)48(85(75,76)77)25-43(39)64(50)51(49)65)44(79-11-6-14-82(66,67)68)21-36(28)57-61-41-19-30(3)38(24-47(41)81-13-8-16-84(72,73)74)59-62-42-18-29(2)37(23-46(42)80-12-7-15-83(69,70)71)58-56-35-10-9-33(52)20-32(35)26-53/h9-10,17-25,65H,6-8,11-16H2,1-5H3,(H,66,67,68)(H,69,70,71)(H,72,73,74)(H,75,76,77). The molecule has 0 aliphatic carbocycles. The van der Waals surface area contributed by atoms with Gasteiger partial charge in [0.25, 0.3) is 40.5 Å². The number of benzene rings is 5. The van der Waals surface area contributed by atoms with Gasteiger partial charge in [0, 0.05) is 32.5 Å². The highest BCUT2D eigenvalue weighted by Gasteiger charge is 2.26. The Labute approximate surface area is 500 Å². The zero-order valence-electron chi connectivity index (χ0n) is 45.2. The maximum absolute atomic E-state index is 12.3. The average Bonchev–Trinajstić information content (AvgIpc) is 1.80. The molecule has 0 aliphatic rings. The van der Waals surface area contributed by atoms with Crippen LogP contribution in [0.5, 0.6) is 17.4 Å². The van der Waals surface area contributed by atoms with Crippen molar-refractivity contribution in [2.24, 2.45) is 40.9 Å². The van der Waals surface area contributed by atoms with Crippen molar-refractivity contribution in [3.05, 3.63) is 105 Å². The molecule has 0 saturated carbocycles. The van der Waals surface area contributed by atoms with Crippen molar-refractivity contribution in [2.45, 2.75) is 61.6 Å². The summed E-state index contributed by atoms with van der Waals surface area (Å²) in [6.07, 6.45) is -0.0724. The lowest BCUT2D eigenvalue weighted by Gasteiger charge is -2.12. The second kappa shape index (κ2) is 27.2. The van der Waals surface area contributed by atoms with Crippen molar-refractivity contribution in [1.29, 1.82) is 10.5 Å². The molecule has 0 bridgehead atoms. The fourth-order valence-electron chi connectivity index (χ4n) is 7.92. The van der Waals surface area contributed by atoms with E-state index in [-0.39, 0.29) is 111 Å². The van der Waals surface area contributed by atoms with Gasteiger partial charge >= 0.3 is 0 Å². The maximum atomic E-state index is 12.3. The second-order valence-corrected chi connectivity index (χ2v) is 27.2. The zero-order chi connectivity index (χ0) is 62.2. The molecular weight excluding hydrogens is 1250 g/mol. The van der Waals surface area contributed by atoms with Gasteiger partial charge in [0.15, 0.2) is 11.3 Å². The van der Waals surface area contributed by atoms with Gasteiger partial charge in [-0.2, -0.15) is 59.5 Å². The molecule has 0 amide bonds. The molecule has 27 nitrogen and oxygen atoms in total. The molecule has 85 heavy (non-hydrogen) atoms. The molecule has 5 aromatic carbocycles. The summed E-state index contributed by atoms with van der Waals surface area (Å²) >= 11 is 8.45. The van der Waals surface area contributed by atoms with Gasteiger partial charge in [-0.25, -0.2) is 4.98 Å². The van der Waals surface area contributed by atoms with Gasteiger partial charge in [-0.05, 0) is 130 Å². The minimum Gasteiger partial charge on any atom is -0.495 e. The van der Waals surface area contributed by atoms with Crippen LogP contribution in [0, 0.1) is 50.4 Å². The summed E-state index contributed by atoms with van der Waals surface area (Å²) in [5.41, 5.74) is 3.23. The molecule has 0 saturated heterocycles. The summed E-state index contributed by atoms with van der Waals surface area (Å²) in [6.45, 7) is 6.28. The molecule has 0 radical (unpaired) electrons. The molecule has 0 unspecified atom stereocenters. The van der Waals surface area contributed by atoms with Crippen LogP contribution >= 0.6 is 35.1 Å². The number of azo groups is 4. The maximum Gasteiger partial charge on any atom is 0.298 e. The number of aromatic hydroxyl groups is 1. The van der Waals surface area contributed by atoms with Gasteiger partial charge in [-0.3, -0.25) is 22.6 Å². The van der Waals surface area contributed by atoms with E-state index in [0.717, 1.165) is 10.5 Å². The number of halogens is 1. The first-order chi connectivity index (χ1) is 40.0. The Morgan fingerprint density at radius 3 is 1.60 bits per heavy atom. The highest BCUT2D eigenvalue weighted by atomic mass is 35.5. The van der Waals surface area contributed by atoms with E-state index in [1.54, 1.807) is 57.2 Å². The van der Waals surface area contributed by atoms with Crippen LogP contribution in [0.4, 0.5) is 45.5 Å². The molecule has 7 aromatic rings. The van der Waals surface area contributed by atoms with Crippen LogP contribution in [0.25, 0.3) is 16.7 Å². The number of aryl methyl sites for hydroxylation is 3. The number of fused-ring (bicyclic) bond motifs is 3. The summed E-state index contributed by atoms with van der Waals surface area (Å²) in [6, 6.07) is 20.3. The normalized spacial score (nSPS) is 12.6. The zero-order valence-corrected chi connectivity index (χ0v) is 50.9. The van der Waals surface area contributed by atoms with E-state index in [0.29, 0.717) is 48.6 Å². The predicted molar refractivity (Wildman–Crippen MR) is 317 cm³/mol. The number of thioether (sulfide) groups is 2. The van der Waals surface area contributed by atoms with Crippen LogP contribution in [0.1, 0.15) is 52.6 Å². The van der Waals surface area contributed by atoms with Gasteiger partial charge in [-0.15, -0.1) is 49.1 Å². The summed E-state index contributed by atoms with van der Waals surface area (Å²) in [5, 5.41) is 67.4. The monoisotopic (exact) mass is 1300 g/mol. The first-order valence-corrected chi connectivity index (χ1v) is 33.3. The lowest BCUT2D eigenvalue weighted by Crippen LogP contribution is -2.08. The predicted octanol–water partition coefficient (Wildman–Crippen LogP) is 13.1. The number of imidazole rings is 1. The molecule has 0 aliphatic heterocycles. The van der Waals surface area contributed by atoms with E-state index in [1.807, 2.05) is 12.1 Å². The van der Waals surface area contributed by atoms with Crippen molar-refractivity contribution in [2.75, 3.05) is 42.5 Å². The SMILES string of the molecule is COc1cc2nc3c(C#N)c(C)c(N=Nc4cc(C)c(N=Nc5cc(C)c(N=Nc6cc(C)c(N=Nc7ccc(Cl)cc7C#N)cc6SCCCS(=O)(=O)O)cc5SCCCS(=O)(=O)O)cc4OCCCS(=O)(=O)O)c(O)n3c2cc1S(=O)(=O)O. The molecule has 2 aromatic heterocycles. The summed E-state index contributed by atoms with van der Waals surface area (Å²) in [7, 11) is -16.6. The van der Waals surface area contributed by atoms with E-state index in [2.05, 4.69) is 45.9 Å². The minimum absolute atomic E-state index is 0.00347. The number of hydrogen-bond donors (Lipinski definition) is 5. The number of methoxy groups -OCH3 is 1. The van der Waals surface area contributed by atoms with Crippen molar-refractivity contribution in [3.63, 3.8) is 0 Å². The third-order valence-electron chi connectivity index (χ3n) is 12.1. The third-order valence-corrected chi connectivity index (χ3v) is 17.9. The Kier molecular flexibility index (Phi) is 20.8. The van der Waals surface area contributed by atoms with Gasteiger partial charge in [0.05, 0.1) is 76.0 Å². The summed E-state index contributed by atoms with van der Waals surface area (Å²) in [4.78, 5) is 4.71. The Balaban J connectivity index is 1.27. The van der Waals surface area contributed by atoms with E-state index in [4.69, 9.17) is 21.1 Å². The molecule has 0 fully saturated rings. The third kappa shape index (κ3) is 17.1. The number of pyridine rings is 1. The van der Waals surface area contributed by atoms with Gasteiger partial charge in [0.1, 0.15) is 45.5 Å². The molecule has 7 rings (SSSR count). The second-order valence-electron chi connectivity index (χ2n) is 18.4. The summed E-state index contributed by atoms with van der Waals surface area (Å²) < 4.78 is 144. The molecular formula is C51H49ClN12O15S6. The van der Waals surface area contributed by atoms with Crippen LogP contribution in [-0.2, 0) is 40.5 Å². The summed E-state index contributed by atoms with van der Waals surface area (Å²) in [5.74, 6) is -2.23. The number of aromatic nitrogens is 2. The number of nitrogens with zero attached hydrogens (tertiary/aromatic N) is 12. The first kappa shape index (κ1) is 65.0. The Hall–Kier alpha value is -7.54. The largest absolute Gasteiger partial charge is 0.495 e. The van der Waals surface area contributed by atoms with E-state index in [9.17, 15) is 67.5 Å². The van der Waals surface area contributed by atoms with Crippen molar-refractivity contribution in [3.8, 4) is 29.5 Å². The van der Waals surface area contributed by atoms with Gasteiger partial charge < -0.3 is 14.6 Å². The van der Waals surface area contributed by atoms with E-state index in [1.165, 1.54) is 61.8 Å². The van der Waals surface area contributed by atoms with E-state index < -0.39 is 68.5 Å². The highest BCUT2D eigenvalue weighted by Crippen LogP contribution is 2.44. The topological polar surface area (TPSA) is 420 Å². The molecule has 5 N–H and O–H groups in total. The lowest BCUT2D eigenvalue weighted by molar-refractivity contribution is 0.317. The Morgan fingerprint density at radius 2 is 1.09 bits per heavy atom. The highest BCUT2D eigenvalue weighted by molar-refractivity contribution is 7.99.